The molecule has 2 N–H and O–H groups in total. The maximum atomic E-state index is 12.8. The number of benzene rings is 2. The first-order chi connectivity index (χ1) is 12.4. The third-order valence-corrected chi connectivity index (χ3v) is 4.53. The van der Waals surface area contributed by atoms with Crippen LogP contribution in [0.25, 0.3) is 0 Å². The Kier molecular flexibility index (Phi) is 5.15. The Morgan fingerprint density at radius 3 is 2.46 bits per heavy atom. The number of nitrogens with one attached hydrogen (secondary N) is 1. The number of hydrogen-bond donors (Lipinski definition) is 2. The first-order valence-electron chi connectivity index (χ1n) is 8.16. The number of imide groups is 1. The average Bonchev–Trinajstić information content (AvgIpc) is 2.85. The molecule has 0 aromatic heterocycles. The second-order valence-electron chi connectivity index (χ2n) is 6.26. The van der Waals surface area contributed by atoms with Crippen molar-refractivity contribution in [1.29, 1.82) is 0 Å². The summed E-state index contributed by atoms with van der Waals surface area (Å²) >= 11 is 5.88. The molecule has 3 rings (SSSR count). The molecule has 1 saturated heterocycles. The highest BCUT2D eigenvalue weighted by molar-refractivity contribution is 6.30. The van der Waals surface area contributed by atoms with Crippen LogP contribution in [0.4, 0.5) is 4.79 Å². The van der Waals surface area contributed by atoms with E-state index < -0.39 is 23.6 Å². The molecule has 1 fully saturated rings. The highest BCUT2D eigenvalue weighted by Crippen LogP contribution is 2.29. The van der Waals surface area contributed by atoms with E-state index in [0.717, 1.165) is 4.90 Å². The molecule has 1 heterocycles. The predicted octanol–water partition coefficient (Wildman–Crippen LogP) is 2.55. The largest absolute Gasteiger partial charge is 0.491 e. The topological polar surface area (TPSA) is 78.9 Å². The molecular weight excluding hydrogens is 356 g/mol. The summed E-state index contributed by atoms with van der Waals surface area (Å²) in [5.74, 6) is 0.179. The van der Waals surface area contributed by atoms with E-state index in [-0.39, 0.29) is 13.2 Å². The van der Waals surface area contributed by atoms with Gasteiger partial charge in [-0.1, -0.05) is 41.9 Å². The molecule has 0 radical (unpaired) electrons. The van der Waals surface area contributed by atoms with E-state index in [1.165, 1.54) is 0 Å². The number of hydrogen-bond acceptors (Lipinski definition) is 4. The van der Waals surface area contributed by atoms with Crippen molar-refractivity contribution in [2.45, 2.75) is 18.6 Å². The number of rotatable bonds is 6. The lowest BCUT2D eigenvalue weighted by atomic mass is 9.92. The molecule has 7 heteroatoms. The van der Waals surface area contributed by atoms with Gasteiger partial charge in [0, 0.05) is 5.02 Å². The van der Waals surface area contributed by atoms with Crippen molar-refractivity contribution in [1.82, 2.24) is 10.2 Å². The van der Waals surface area contributed by atoms with Crippen molar-refractivity contribution in [3.8, 4) is 5.75 Å². The SMILES string of the molecule is C[C@@]1(c2ccc(Cl)cc2)NC(=O)N(C[C@H](O)COc2ccccc2)C1=O. The lowest BCUT2D eigenvalue weighted by Crippen LogP contribution is -2.42. The maximum absolute atomic E-state index is 12.8. The van der Waals surface area contributed by atoms with Crippen LogP contribution in [0.1, 0.15) is 12.5 Å². The smallest absolute Gasteiger partial charge is 0.325 e. The Labute approximate surface area is 156 Å². The summed E-state index contributed by atoms with van der Waals surface area (Å²) < 4.78 is 5.46. The number of urea groups is 1. The summed E-state index contributed by atoms with van der Waals surface area (Å²) in [5, 5.41) is 13.4. The van der Waals surface area contributed by atoms with Crippen LogP contribution in [-0.4, -0.2) is 41.2 Å². The fourth-order valence-corrected chi connectivity index (χ4v) is 2.94. The molecule has 1 aliphatic rings. The Balaban J connectivity index is 1.66. The van der Waals surface area contributed by atoms with Gasteiger partial charge in [0.1, 0.15) is 24.0 Å². The minimum Gasteiger partial charge on any atom is -0.491 e. The van der Waals surface area contributed by atoms with Crippen molar-refractivity contribution in [2.75, 3.05) is 13.2 Å². The van der Waals surface area contributed by atoms with Crippen LogP contribution in [-0.2, 0) is 10.3 Å². The number of β-amino-alcohol motifs (C(OH)–C–C–N with tert-alkyl or cyclic N) is 1. The van der Waals surface area contributed by atoms with Gasteiger partial charge in [0.2, 0.25) is 0 Å². The lowest BCUT2D eigenvalue weighted by molar-refractivity contribution is -0.132. The molecule has 3 amide bonds. The highest BCUT2D eigenvalue weighted by Gasteiger charge is 2.49. The zero-order valence-electron chi connectivity index (χ0n) is 14.2. The van der Waals surface area contributed by atoms with Crippen LogP contribution in [0.2, 0.25) is 5.02 Å². The molecule has 0 bridgehead atoms. The second kappa shape index (κ2) is 7.35. The van der Waals surface area contributed by atoms with Gasteiger partial charge in [-0.05, 0) is 36.8 Å². The highest BCUT2D eigenvalue weighted by atomic mass is 35.5. The number of carbonyl (C=O) groups excluding carboxylic acids is 2. The molecule has 136 valence electrons. The van der Waals surface area contributed by atoms with Gasteiger partial charge in [-0.2, -0.15) is 0 Å². The number of carbonyl (C=O) groups is 2. The van der Waals surface area contributed by atoms with E-state index in [9.17, 15) is 14.7 Å². The molecule has 0 saturated carbocycles. The molecule has 26 heavy (non-hydrogen) atoms. The van der Waals surface area contributed by atoms with Gasteiger partial charge in [-0.3, -0.25) is 9.69 Å². The van der Waals surface area contributed by atoms with Crippen LogP contribution < -0.4 is 10.1 Å². The van der Waals surface area contributed by atoms with Crippen LogP contribution >= 0.6 is 11.6 Å². The summed E-state index contributed by atoms with van der Waals surface area (Å²) in [5.41, 5.74) is -0.570. The summed E-state index contributed by atoms with van der Waals surface area (Å²) in [7, 11) is 0. The molecule has 1 aliphatic heterocycles. The summed E-state index contributed by atoms with van der Waals surface area (Å²) in [6, 6.07) is 15.2. The fourth-order valence-electron chi connectivity index (χ4n) is 2.81. The standard InChI is InChI=1S/C19H19ClN2O4/c1-19(13-7-9-14(20)10-8-13)17(24)22(18(25)21-19)11-15(23)12-26-16-5-3-2-4-6-16/h2-10,15,23H,11-12H2,1H3,(H,21,25)/t15-,19-/m0/s1. The first kappa shape index (κ1) is 18.2. The number of para-hydroxylation sites is 1. The van der Waals surface area contributed by atoms with Crippen LogP contribution in [0, 0.1) is 0 Å². The van der Waals surface area contributed by atoms with Crippen molar-refractivity contribution < 1.29 is 19.4 Å². The zero-order chi connectivity index (χ0) is 18.7. The van der Waals surface area contributed by atoms with E-state index in [0.29, 0.717) is 16.3 Å². The summed E-state index contributed by atoms with van der Waals surface area (Å²) in [6.45, 7) is 1.45. The average molecular weight is 375 g/mol. The molecule has 0 unspecified atom stereocenters. The van der Waals surface area contributed by atoms with Gasteiger partial charge >= 0.3 is 6.03 Å². The molecule has 2 aromatic carbocycles. The molecular formula is C19H19ClN2O4. The van der Waals surface area contributed by atoms with E-state index >= 15 is 0 Å². The van der Waals surface area contributed by atoms with Crippen LogP contribution in [0.5, 0.6) is 5.75 Å². The molecule has 0 aliphatic carbocycles. The van der Waals surface area contributed by atoms with Crippen LogP contribution in [0.3, 0.4) is 0 Å². The number of nitrogens with zero attached hydrogens (tertiary/aromatic N) is 1. The van der Waals surface area contributed by atoms with Gasteiger partial charge in [0.25, 0.3) is 5.91 Å². The Hall–Kier alpha value is -2.57. The third-order valence-electron chi connectivity index (χ3n) is 4.28. The minimum atomic E-state index is -1.19. The second-order valence-corrected chi connectivity index (χ2v) is 6.69. The van der Waals surface area contributed by atoms with Gasteiger partial charge in [-0.15, -0.1) is 0 Å². The molecule has 2 atom stereocenters. The third kappa shape index (κ3) is 3.66. The number of ether oxygens (including phenoxy) is 1. The van der Waals surface area contributed by atoms with Gasteiger partial charge in [0.15, 0.2) is 0 Å². The minimum absolute atomic E-state index is 0.0290. The maximum Gasteiger partial charge on any atom is 0.325 e. The number of amides is 3. The van der Waals surface area contributed by atoms with Crippen LogP contribution in [0.15, 0.2) is 54.6 Å². The van der Waals surface area contributed by atoms with Crippen molar-refractivity contribution >= 4 is 23.5 Å². The molecule has 6 nitrogen and oxygen atoms in total. The van der Waals surface area contributed by atoms with Crippen molar-refractivity contribution in [3.05, 3.63) is 65.2 Å². The Morgan fingerprint density at radius 2 is 1.81 bits per heavy atom. The van der Waals surface area contributed by atoms with Crippen molar-refractivity contribution in [2.24, 2.45) is 0 Å². The normalized spacial score (nSPS) is 20.8. The van der Waals surface area contributed by atoms with Gasteiger partial charge in [-0.25, -0.2) is 4.79 Å². The Morgan fingerprint density at radius 1 is 1.15 bits per heavy atom. The van der Waals surface area contributed by atoms with E-state index in [1.54, 1.807) is 43.3 Å². The van der Waals surface area contributed by atoms with Gasteiger partial charge in [0.05, 0.1) is 6.54 Å². The number of aliphatic hydroxyl groups is 1. The summed E-state index contributed by atoms with van der Waals surface area (Å²) in [4.78, 5) is 26.1. The lowest BCUT2D eigenvalue weighted by Gasteiger charge is -2.23. The van der Waals surface area contributed by atoms with E-state index in [2.05, 4.69) is 5.32 Å². The quantitative estimate of drug-likeness (QED) is 0.762. The van der Waals surface area contributed by atoms with Crippen molar-refractivity contribution in [3.63, 3.8) is 0 Å². The molecule has 2 aromatic rings. The number of aliphatic hydroxyl groups excluding tert-OH is 1. The number of halogens is 1. The predicted molar refractivity (Wildman–Crippen MR) is 97.0 cm³/mol. The first-order valence-corrected chi connectivity index (χ1v) is 8.54. The Bertz CT molecular complexity index is 797. The summed E-state index contributed by atoms with van der Waals surface area (Å²) in [6.07, 6.45) is -1.00. The monoisotopic (exact) mass is 374 g/mol. The van der Waals surface area contributed by atoms with E-state index in [4.69, 9.17) is 16.3 Å². The van der Waals surface area contributed by atoms with Gasteiger partial charge < -0.3 is 15.2 Å². The zero-order valence-corrected chi connectivity index (χ0v) is 14.9. The van der Waals surface area contributed by atoms with E-state index in [1.807, 2.05) is 18.2 Å². The molecule has 0 spiro atoms. The fraction of sp³-hybridized carbons (Fsp3) is 0.263.